The first-order valence-corrected chi connectivity index (χ1v) is 13.5. The van der Waals surface area contributed by atoms with Gasteiger partial charge in [0.15, 0.2) is 0 Å². The molecule has 38 heavy (non-hydrogen) atoms. The minimum atomic E-state index is -0.115. The first-order chi connectivity index (χ1) is 18.5. The Kier molecular flexibility index (Phi) is 7.06. The summed E-state index contributed by atoms with van der Waals surface area (Å²) in [5.41, 5.74) is 4.11. The van der Waals surface area contributed by atoms with Crippen molar-refractivity contribution in [2.75, 3.05) is 38.2 Å². The maximum absolute atomic E-state index is 14.0. The third kappa shape index (κ3) is 5.14. The number of nitrogens with zero attached hydrogens (tertiary/aromatic N) is 6. The highest BCUT2D eigenvalue weighted by Crippen LogP contribution is 2.31. The van der Waals surface area contributed by atoms with E-state index in [1.54, 1.807) is 23.2 Å². The molecule has 2 fully saturated rings. The zero-order chi connectivity index (χ0) is 26.1. The number of aromatic nitrogens is 5. The third-order valence-corrected chi connectivity index (χ3v) is 7.55. The number of likely N-dealkylation sites (tertiary alicyclic amines) is 1. The second-order valence-corrected chi connectivity index (χ2v) is 10.4. The molecule has 2 aliphatic heterocycles. The molecule has 5 heterocycles. The Bertz CT molecular complexity index is 1530. The fourth-order valence-electron chi connectivity index (χ4n) is 5.20. The van der Waals surface area contributed by atoms with Crippen molar-refractivity contribution in [3.05, 3.63) is 63.9 Å². The predicted molar refractivity (Wildman–Crippen MR) is 149 cm³/mol. The van der Waals surface area contributed by atoms with Crippen molar-refractivity contribution < 1.29 is 4.74 Å². The predicted octanol–water partition coefficient (Wildman–Crippen LogP) is 4.17. The number of pyridine rings is 1. The Morgan fingerprint density at radius 2 is 1.95 bits per heavy atom. The molecule has 1 N–H and O–H groups in total. The highest BCUT2D eigenvalue weighted by Gasteiger charge is 2.20. The molecule has 6 rings (SSSR count). The number of hydrogen-bond acceptors (Lipinski definition) is 8. The minimum absolute atomic E-state index is 0.115. The van der Waals surface area contributed by atoms with Gasteiger partial charge in [-0.15, -0.1) is 0 Å². The van der Waals surface area contributed by atoms with Gasteiger partial charge in [-0.05, 0) is 51.4 Å². The van der Waals surface area contributed by atoms with Crippen LogP contribution in [0, 0.1) is 6.92 Å². The number of rotatable bonds is 7. The first-order valence-electron chi connectivity index (χ1n) is 13.1. The Hall–Kier alpha value is -3.40. The van der Waals surface area contributed by atoms with Crippen LogP contribution in [0.15, 0.2) is 47.7 Å². The van der Waals surface area contributed by atoms with Crippen LogP contribution in [0.1, 0.15) is 25.0 Å². The summed E-state index contributed by atoms with van der Waals surface area (Å²) >= 11 is 6.77. The van der Waals surface area contributed by atoms with E-state index < -0.39 is 0 Å². The number of nitrogens with one attached hydrogen (secondary N) is 1. The van der Waals surface area contributed by atoms with Crippen LogP contribution in [0.3, 0.4) is 0 Å². The van der Waals surface area contributed by atoms with Gasteiger partial charge in [0.2, 0.25) is 5.95 Å². The van der Waals surface area contributed by atoms with Gasteiger partial charge in [-0.1, -0.05) is 23.7 Å². The van der Waals surface area contributed by atoms with Gasteiger partial charge in [0.05, 0.1) is 30.2 Å². The van der Waals surface area contributed by atoms with E-state index in [-0.39, 0.29) is 11.6 Å². The summed E-state index contributed by atoms with van der Waals surface area (Å²) in [6.07, 6.45) is 8.50. The number of anilines is 1. The molecule has 196 valence electrons. The van der Waals surface area contributed by atoms with Gasteiger partial charge >= 0.3 is 0 Å². The molecule has 2 aliphatic rings. The van der Waals surface area contributed by atoms with Gasteiger partial charge in [-0.25, -0.2) is 9.97 Å². The van der Waals surface area contributed by atoms with Crippen LogP contribution in [-0.4, -0.2) is 68.3 Å². The van der Waals surface area contributed by atoms with Gasteiger partial charge in [0, 0.05) is 59.2 Å². The lowest BCUT2D eigenvalue weighted by Gasteiger charge is -2.18. The number of ether oxygens (including phenoxy) is 1. The molecular formula is C28H30ClN7O2. The summed E-state index contributed by atoms with van der Waals surface area (Å²) in [7, 11) is 0. The van der Waals surface area contributed by atoms with E-state index in [1.807, 2.05) is 31.2 Å². The number of aryl methyl sites for hydroxylation is 1. The summed E-state index contributed by atoms with van der Waals surface area (Å²) in [5, 5.41) is 4.62. The van der Waals surface area contributed by atoms with Crippen LogP contribution >= 0.6 is 11.6 Å². The maximum Gasteiger partial charge on any atom is 0.260 e. The fraction of sp³-hybridized carbons (Fsp3) is 0.393. The quantitative estimate of drug-likeness (QED) is 0.379. The first kappa shape index (κ1) is 24.9. The maximum atomic E-state index is 14.0. The smallest absolute Gasteiger partial charge is 0.260 e. The monoisotopic (exact) mass is 531 g/mol. The number of fused-ring (bicyclic) bond motifs is 1. The second-order valence-electron chi connectivity index (χ2n) is 9.98. The van der Waals surface area contributed by atoms with E-state index in [0.717, 1.165) is 55.0 Å². The van der Waals surface area contributed by atoms with Crippen LogP contribution in [-0.2, 0) is 11.3 Å². The van der Waals surface area contributed by atoms with Gasteiger partial charge in [-0.3, -0.25) is 14.3 Å². The summed E-state index contributed by atoms with van der Waals surface area (Å²) in [5.74, 6) is 0.511. The lowest BCUT2D eigenvalue weighted by atomic mass is 10.0. The molecular weight excluding hydrogens is 502 g/mol. The van der Waals surface area contributed by atoms with Crippen LogP contribution in [0.25, 0.3) is 33.4 Å². The molecule has 1 atom stereocenters. The Morgan fingerprint density at radius 3 is 2.71 bits per heavy atom. The van der Waals surface area contributed by atoms with Crippen molar-refractivity contribution in [1.29, 1.82) is 0 Å². The van der Waals surface area contributed by atoms with Crippen molar-refractivity contribution in [3.8, 4) is 22.4 Å². The largest absolute Gasteiger partial charge is 0.379 e. The van der Waals surface area contributed by atoms with E-state index in [2.05, 4.69) is 25.2 Å². The highest BCUT2D eigenvalue weighted by molar-refractivity contribution is 6.33. The Morgan fingerprint density at radius 1 is 1.08 bits per heavy atom. The molecule has 4 aromatic rings. The molecule has 0 spiro atoms. The standard InChI is InChI=1S/C28H30ClN7O2/c1-18-14-30-16-25(32-18)19-4-5-22(24(29)13-19)23-12-20-15-31-28(33-21-6-11-38-17-21)34-26(20)36(27(23)37)10-9-35-7-2-3-8-35/h4-5,12-16,21H,2-3,6-11,17H2,1H3,(H,31,33,34)/t21-/m0/s1. The van der Waals surface area contributed by atoms with E-state index >= 15 is 0 Å². The molecule has 1 aromatic carbocycles. The van der Waals surface area contributed by atoms with Gasteiger partial charge in [-0.2, -0.15) is 4.98 Å². The fourth-order valence-corrected chi connectivity index (χ4v) is 5.49. The average molecular weight is 532 g/mol. The lowest BCUT2D eigenvalue weighted by Crippen LogP contribution is -2.30. The van der Waals surface area contributed by atoms with Crippen molar-refractivity contribution in [1.82, 2.24) is 29.4 Å². The summed E-state index contributed by atoms with van der Waals surface area (Å²) in [4.78, 5) is 34.5. The second kappa shape index (κ2) is 10.8. The van der Waals surface area contributed by atoms with Crippen LogP contribution in [0.4, 0.5) is 5.95 Å². The molecule has 0 unspecified atom stereocenters. The Labute approximate surface area is 225 Å². The summed E-state index contributed by atoms with van der Waals surface area (Å²) in [6, 6.07) is 7.67. The number of halogens is 1. The van der Waals surface area contributed by atoms with Gasteiger partial charge in [0.1, 0.15) is 5.65 Å². The van der Waals surface area contributed by atoms with Crippen LogP contribution in [0.2, 0.25) is 5.02 Å². The SMILES string of the molecule is Cc1cncc(-c2ccc(-c3cc4cnc(N[C@H]5CCOC5)nc4n(CCN4CCCC4)c3=O)c(Cl)c2)n1. The molecule has 2 saturated heterocycles. The van der Waals surface area contributed by atoms with Crippen molar-refractivity contribution in [2.45, 2.75) is 38.8 Å². The Balaban J connectivity index is 1.41. The van der Waals surface area contributed by atoms with Crippen LogP contribution in [0.5, 0.6) is 0 Å². The van der Waals surface area contributed by atoms with E-state index in [0.29, 0.717) is 40.9 Å². The van der Waals surface area contributed by atoms with Crippen molar-refractivity contribution >= 4 is 28.6 Å². The molecule has 0 radical (unpaired) electrons. The van der Waals surface area contributed by atoms with Crippen molar-refractivity contribution in [2.24, 2.45) is 0 Å². The zero-order valence-corrected chi connectivity index (χ0v) is 22.1. The van der Waals surface area contributed by atoms with Crippen molar-refractivity contribution in [3.63, 3.8) is 0 Å². The molecule has 0 bridgehead atoms. The van der Waals surface area contributed by atoms with E-state index in [9.17, 15) is 4.79 Å². The molecule has 0 saturated carbocycles. The van der Waals surface area contributed by atoms with E-state index in [1.165, 1.54) is 12.8 Å². The van der Waals surface area contributed by atoms with Gasteiger partial charge in [0.25, 0.3) is 5.56 Å². The average Bonchev–Trinajstić information content (AvgIpc) is 3.63. The molecule has 10 heteroatoms. The van der Waals surface area contributed by atoms with Crippen LogP contribution < -0.4 is 10.9 Å². The third-order valence-electron chi connectivity index (χ3n) is 7.24. The van der Waals surface area contributed by atoms with E-state index in [4.69, 9.17) is 21.3 Å². The molecule has 0 amide bonds. The molecule has 9 nitrogen and oxygen atoms in total. The highest BCUT2D eigenvalue weighted by atomic mass is 35.5. The minimum Gasteiger partial charge on any atom is -0.379 e. The lowest BCUT2D eigenvalue weighted by molar-refractivity contribution is 0.195. The normalized spacial score (nSPS) is 17.9. The summed E-state index contributed by atoms with van der Waals surface area (Å²) < 4.78 is 7.25. The van der Waals surface area contributed by atoms with Gasteiger partial charge < -0.3 is 15.0 Å². The summed E-state index contributed by atoms with van der Waals surface area (Å²) in [6.45, 7) is 6.71. The number of benzene rings is 1. The number of hydrogen-bond donors (Lipinski definition) is 1. The zero-order valence-electron chi connectivity index (χ0n) is 21.4. The molecule has 0 aliphatic carbocycles. The molecule has 3 aromatic heterocycles. The topological polar surface area (TPSA) is 98.1 Å².